The number of likely N-dealkylation sites (N-methyl/N-ethyl adjacent to an activating group) is 1. The number of nitrogens with zero attached hydrogens (tertiary/aromatic N) is 1. The van der Waals surface area contributed by atoms with E-state index in [1.807, 2.05) is 23.0 Å². The minimum Gasteiger partial charge on any atom is -0.358 e. The number of carbonyl (C=O) groups is 1. The van der Waals surface area contributed by atoms with Gasteiger partial charge in [-0.15, -0.1) is 0 Å². The standard InChI is InChI=1S/C11H19N3O/c1-3-4-10(12)9-5-6-14(7-9)8-11(15)13-2/h5-7,10H,3-4,8,12H2,1-2H3,(H,13,15). The Morgan fingerprint density at radius 2 is 2.40 bits per heavy atom. The second-order valence-corrected chi connectivity index (χ2v) is 3.69. The summed E-state index contributed by atoms with van der Waals surface area (Å²) in [6, 6.07) is 2.06. The van der Waals surface area contributed by atoms with E-state index in [0.29, 0.717) is 6.54 Å². The fraction of sp³-hybridized carbons (Fsp3) is 0.545. The van der Waals surface area contributed by atoms with Gasteiger partial charge in [0.2, 0.25) is 5.91 Å². The molecular formula is C11H19N3O. The number of carbonyl (C=O) groups excluding carboxylic acids is 1. The smallest absolute Gasteiger partial charge is 0.239 e. The monoisotopic (exact) mass is 209 g/mol. The van der Waals surface area contributed by atoms with Crippen LogP contribution in [0.5, 0.6) is 0 Å². The summed E-state index contributed by atoms with van der Waals surface area (Å²) in [6.45, 7) is 2.47. The van der Waals surface area contributed by atoms with Crippen molar-refractivity contribution < 1.29 is 4.79 Å². The van der Waals surface area contributed by atoms with Crippen LogP contribution in [0.2, 0.25) is 0 Å². The van der Waals surface area contributed by atoms with Crippen LogP contribution in [0.15, 0.2) is 18.5 Å². The zero-order valence-corrected chi connectivity index (χ0v) is 9.36. The van der Waals surface area contributed by atoms with E-state index in [-0.39, 0.29) is 11.9 Å². The lowest BCUT2D eigenvalue weighted by Gasteiger charge is -2.07. The molecule has 0 radical (unpaired) electrons. The van der Waals surface area contributed by atoms with Gasteiger partial charge in [0.1, 0.15) is 6.54 Å². The summed E-state index contributed by atoms with van der Waals surface area (Å²) >= 11 is 0. The van der Waals surface area contributed by atoms with Crippen LogP contribution >= 0.6 is 0 Å². The van der Waals surface area contributed by atoms with Crippen molar-refractivity contribution in [1.82, 2.24) is 9.88 Å². The van der Waals surface area contributed by atoms with Crippen LogP contribution in [-0.4, -0.2) is 17.5 Å². The second kappa shape index (κ2) is 5.56. The summed E-state index contributed by atoms with van der Waals surface area (Å²) in [5, 5.41) is 2.59. The number of rotatable bonds is 5. The van der Waals surface area contributed by atoms with Crippen LogP contribution in [0.3, 0.4) is 0 Å². The fourth-order valence-corrected chi connectivity index (χ4v) is 1.50. The van der Waals surface area contributed by atoms with Crippen molar-refractivity contribution in [2.75, 3.05) is 7.05 Å². The molecule has 1 rings (SSSR count). The molecule has 1 aromatic rings. The van der Waals surface area contributed by atoms with Gasteiger partial charge in [-0.3, -0.25) is 4.79 Å². The largest absolute Gasteiger partial charge is 0.358 e. The molecule has 0 aromatic carbocycles. The van der Waals surface area contributed by atoms with Gasteiger partial charge in [0.15, 0.2) is 0 Å². The molecule has 4 nitrogen and oxygen atoms in total. The molecule has 1 heterocycles. The lowest BCUT2D eigenvalue weighted by atomic mass is 10.1. The Hall–Kier alpha value is -1.29. The van der Waals surface area contributed by atoms with Crippen LogP contribution in [0, 0.1) is 0 Å². The second-order valence-electron chi connectivity index (χ2n) is 3.69. The van der Waals surface area contributed by atoms with Crippen LogP contribution < -0.4 is 11.1 Å². The maximum absolute atomic E-state index is 11.1. The molecule has 1 amide bonds. The van der Waals surface area contributed by atoms with Crippen molar-refractivity contribution in [3.05, 3.63) is 24.0 Å². The first-order chi connectivity index (χ1) is 7.17. The number of nitrogens with two attached hydrogens (primary N) is 1. The third-order valence-electron chi connectivity index (χ3n) is 2.41. The summed E-state index contributed by atoms with van der Waals surface area (Å²) in [5.74, 6) is 0.00112. The van der Waals surface area contributed by atoms with E-state index in [0.717, 1.165) is 18.4 Å². The van der Waals surface area contributed by atoms with E-state index in [2.05, 4.69) is 12.2 Å². The summed E-state index contributed by atoms with van der Waals surface area (Å²) in [7, 11) is 1.63. The molecule has 0 saturated heterocycles. The van der Waals surface area contributed by atoms with Crippen molar-refractivity contribution in [2.45, 2.75) is 32.4 Å². The molecular weight excluding hydrogens is 190 g/mol. The molecule has 84 valence electrons. The maximum atomic E-state index is 11.1. The number of amides is 1. The number of aromatic nitrogens is 1. The van der Waals surface area contributed by atoms with E-state index < -0.39 is 0 Å². The molecule has 4 heteroatoms. The predicted octanol–water partition coefficient (Wildman–Crippen LogP) is 1.03. The first-order valence-corrected chi connectivity index (χ1v) is 5.29. The van der Waals surface area contributed by atoms with Gasteiger partial charge in [0, 0.05) is 25.5 Å². The van der Waals surface area contributed by atoms with Gasteiger partial charge < -0.3 is 15.6 Å². The maximum Gasteiger partial charge on any atom is 0.239 e. The summed E-state index contributed by atoms with van der Waals surface area (Å²) in [6.07, 6.45) is 5.88. The summed E-state index contributed by atoms with van der Waals surface area (Å²) in [5.41, 5.74) is 7.07. The van der Waals surface area contributed by atoms with Gasteiger partial charge in [-0.25, -0.2) is 0 Å². The average Bonchev–Trinajstić information content (AvgIpc) is 2.66. The molecule has 15 heavy (non-hydrogen) atoms. The van der Waals surface area contributed by atoms with Gasteiger partial charge in [-0.2, -0.15) is 0 Å². The van der Waals surface area contributed by atoms with E-state index >= 15 is 0 Å². The van der Waals surface area contributed by atoms with Crippen LogP contribution in [0.25, 0.3) is 0 Å². The zero-order valence-electron chi connectivity index (χ0n) is 9.36. The Labute approximate surface area is 90.5 Å². The van der Waals surface area contributed by atoms with E-state index in [4.69, 9.17) is 5.73 Å². The van der Waals surface area contributed by atoms with Gasteiger partial charge in [0.25, 0.3) is 0 Å². The first kappa shape index (κ1) is 11.8. The van der Waals surface area contributed by atoms with Gasteiger partial charge >= 0.3 is 0 Å². The quantitative estimate of drug-likeness (QED) is 0.761. The fourth-order valence-electron chi connectivity index (χ4n) is 1.50. The SMILES string of the molecule is CCCC(N)c1ccn(CC(=O)NC)c1. The number of nitrogens with one attached hydrogen (secondary N) is 1. The van der Waals surface area contributed by atoms with E-state index in [1.165, 1.54) is 0 Å². The predicted molar refractivity (Wildman–Crippen MR) is 60.3 cm³/mol. The molecule has 1 unspecified atom stereocenters. The normalized spacial score (nSPS) is 12.5. The van der Waals surface area contributed by atoms with Gasteiger partial charge in [-0.1, -0.05) is 13.3 Å². The van der Waals surface area contributed by atoms with E-state index in [1.54, 1.807) is 7.05 Å². The van der Waals surface area contributed by atoms with Crippen molar-refractivity contribution in [3.8, 4) is 0 Å². The Kier molecular flexibility index (Phi) is 4.37. The molecule has 0 saturated carbocycles. The lowest BCUT2D eigenvalue weighted by Crippen LogP contribution is -2.22. The Balaban J connectivity index is 2.59. The molecule has 0 fully saturated rings. The Morgan fingerprint density at radius 3 is 3.00 bits per heavy atom. The first-order valence-electron chi connectivity index (χ1n) is 5.29. The molecule has 0 aliphatic carbocycles. The topological polar surface area (TPSA) is 60.0 Å². The molecule has 0 spiro atoms. The molecule has 3 N–H and O–H groups in total. The Bertz CT molecular complexity index is 319. The molecule has 0 aliphatic heterocycles. The van der Waals surface area contributed by atoms with Crippen molar-refractivity contribution in [3.63, 3.8) is 0 Å². The average molecular weight is 209 g/mol. The summed E-state index contributed by atoms with van der Waals surface area (Å²) in [4.78, 5) is 11.1. The van der Waals surface area contributed by atoms with Crippen molar-refractivity contribution >= 4 is 5.91 Å². The summed E-state index contributed by atoms with van der Waals surface area (Å²) < 4.78 is 1.85. The van der Waals surface area contributed by atoms with Crippen LogP contribution in [-0.2, 0) is 11.3 Å². The lowest BCUT2D eigenvalue weighted by molar-refractivity contribution is -0.121. The highest BCUT2D eigenvalue weighted by molar-refractivity contribution is 5.75. The third kappa shape index (κ3) is 3.40. The molecule has 1 aromatic heterocycles. The molecule has 0 bridgehead atoms. The highest BCUT2D eigenvalue weighted by Gasteiger charge is 2.07. The highest BCUT2D eigenvalue weighted by Crippen LogP contribution is 2.15. The number of hydrogen-bond acceptors (Lipinski definition) is 2. The minimum absolute atomic E-state index is 0.00112. The molecule has 1 atom stereocenters. The third-order valence-corrected chi connectivity index (χ3v) is 2.41. The van der Waals surface area contributed by atoms with Crippen LogP contribution in [0.4, 0.5) is 0 Å². The minimum atomic E-state index is 0.00112. The van der Waals surface area contributed by atoms with Crippen molar-refractivity contribution in [2.24, 2.45) is 5.73 Å². The van der Waals surface area contributed by atoms with E-state index in [9.17, 15) is 4.79 Å². The highest BCUT2D eigenvalue weighted by atomic mass is 16.1. The van der Waals surface area contributed by atoms with Gasteiger partial charge in [-0.05, 0) is 18.1 Å². The zero-order chi connectivity index (χ0) is 11.3. The molecule has 0 aliphatic rings. The van der Waals surface area contributed by atoms with Crippen molar-refractivity contribution in [1.29, 1.82) is 0 Å². The number of hydrogen-bond donors (Lipinski definition) is 2. The Morgan fingerprint density at radius 1 is 1.67 bits per heavy atom. The van der Waals surface area contributed by atoms with Gasteiger partial charge in [0.05, 0.1) is 0 Å². The van der Waals surface area contributed by atoms with Crippen LogP contribution in [0.1, 0.15) is 31.4 Å².